The van der Waals surface area contributed by atoms with Gasteiger partial charge in [-0.15, -0.1) is 5.10 Å². The molecule has 0 spiro atoms. The Morgan fingerprint density at radius 2 is 2.28 bits per heavy atom. The summed E-state index contributed by atoms with van der Waals surface area (Å²) in [7, 11) is 1.30. The summed E-state index contributed by atoms with van der Waals surface area (Å²) in [6.07, 6.45) is 1.29. The number of nitrogens with zero attached hydrogens (tertiary/aromatic N) is 3. The number of methoxy groups -OCH3 is 1. The van der Waals surface area contributed by atoms with Crippen LogP contribution in [0.5, 0.6) is 0 Å². The van der Waals surface area contributed by atoms with E-state index < -0.39 is 5.97 Å². The van der Waals surface area contributed by atoms with Gasteiger partial charge >= 0.3 is 5.97 Å². The standard InChI is InChI=1S/C10H14N4O4/c1-16-10(15)6-2-14(13-12-6)7-4-18-8-5(11)3-17-9(7)8/h2,5,7-9H,3-4,11H2,1H3/t5-,7-,8+,9+/m0/s1. The van der Waals surface area contributed by atoms with Crippen LogP contribution >= 0.6 is 0 Å². The number of esters is 1. The molecule has 8 heteroatoms. The molecular formula is C10H14N4O4. The predicted octanol–water partition coefficient (Wildman–Crippen LogP) is -1.27. The fraction of sp³-hybridized carbons (Fsp3) is 0.700. The first-order chi connectivity index (χ1) is 8.70. The maximum atomic E-state index is 11.3. The van der Waals surface area contributed by atoms with Crippen molar-refractivity contribution in [3.63, 3.8) is 0 Å². The third-order valence-corrected chi connectivity index (χ3v) is 3.31. The number of ether oxygens (including phenoxy) is 3. The molecule has 1 aromatic rings. The summed E-state index contributed by atoms with van der Waals surface area (Å²) in [6.45, 7) is 0.928. The van der Waals surface area contributed by atoms with Crippen molar-refractivity contribution >= 4 is 5.97 Å². The van der Waals surface area contributed by atoms with Crippen molar-refractivity contribution in [1.29, 1.82) is 0 Å². The van der Waals surface area contributed by atoms with E-state index in [4.69, 9.17) is 15.2 Å². The molecule has 2 aliphatic rings. The van der Waals surface area contributed by atoms with Gasteiger partial charge in [-0.2, -0.15) is 0 Å². The highest BCUT2D eigenvalue weighted by atomic mass is 16.6. The van der Waals surface area contributed by atoms with E-state index in [2.05, 4.69) is 15.0 Å². The molecule has 0 bridgehead atoms. The molecule has 0 aromatic carbocycles. The Morgan fingerprint density at radius 3 is 3.06 bits per heavy atom. The first-order valence-corrected chi connectivity index (χ1v) is 5.69. The van der Waals surface area contributed by atoms with Gasteiger partial charge in [0.05, 0.1) is 32.6 Å². The lowest BCUT2D eigenvalue weighted by Gasteiger charge is -2.15. The van der Waals surface area contributed by atoms with E-state index in [-0.39, 0.29) is 30.0 Å². The van der Waals surface area contributed by atoms with E-state index in [1.807, 2.05) is 0 Å². The lowest BCUT2D eigenvalue weighted by Crippen LogP contribution is -2.36. The fourth-order valence-electron chi connectivity index (χ4n) is 2.37. The lowest BCUT2D eigenvalue weighted by molar-refractivity contribution is 0.0592. The fourth-order valence-corrected chi connectivity index (χ4v) is 2.37. The Morgan fingerprint density at radius 1 is 1.50 bits per heavy atom. The second kappa shape index (κ2) is 4.30. The van der Waals surface area contributed by atoms with E-state index in [0.29, 0.717) is 13.2 Å². The van der Waals surface area contributed by atoms with Crippen molar-refractivity contribution in [2.45, 2.75) is 24.3 Å². The summed E-state index contributed by atoms with van der Waals surface area (Å²) in [6, 6.07) is -0.210. The van der Waals surface area contributed by atoms with Crippen molar-refractivity contribution in [2.75, 3.05) is 20.3 Å². The van der Waals surface area contributed by atoms with Gasteiger partial charge in [-0.05, 0) is 0 Å². The van der Waals surface area contributed by atoms with Crippen LogP contribution in [0.1, 0.15) is 16.5 Å². The van der Waals surface area contributed by atoms with E-state index in [1.165, 1.54) is 13.3 Å². The smallest absolute Gasteiger partial charge is 0.360 e. The largest absolute Gasteiger partial charge is 0.464 e. The predicted molar refractivity (Wildman–Crippen MR) is 57.9 cm³/mol. The third-order valence-electron chi connectivity index (χ3n) is 3.31. The average Bonchev–Trinajstić information content (AvgIpc) is 3.05. The number of aromatic nitrogens is 3. The number of rotatable bonds is 2. The van der Waals surface area contributed by atoms with Crippen LogP contribution in [0.25, 0.3) is 0 Å². The number of hydrogen-bond donors (Lipinski definition) is 1. The van der Waals surface area contributed by atoms with E-state index in [9.17, 15) is 4.79 Å². The van der Waals surface area contributed by atoms with Crippen molar-refractivity contribution in [3.8, 4) is 0 Å². The topological polar surface area (TPSA) is 101 Å². The summed E-state index contributed by atoms with van der Waals surface area (Å²) in [5, 5.41) is 7.68. The second-order valence-corrected chi connectivity index (χ2v) is 4.40. The van der Waals surface area contributed by atoms with Gasteiger partial charge in [0.15, 0.2) is 5.69 Å². The summed E-state index contributed by atoms with van der Waals surface area (Å²) in [4.78, 5) is 11.3. The summed E-state index contributed by atoms with van der Waals surface area (Å²) in [5.74, 6) is -0.513. The molecule has 0 amide bonds. The summed E-state index contributed by atoms with van der Waals surface area (Å²) >= 11 is 0. The second-order valence-electron chi connectivity index (χ2n) is 4.40. The monoisotopic (exact) mass is 254 g/mol. The number of carbonyl (C=O) groups is 1. The van der Waals surface area contributed by atoms with E-state index in [1.54, 1.807) is 4.68 Å². The maximum absolute atomic E-state index is 11.3. The van der Waals surface area contributed by atoms with Crippen LogP contribution in [0.4, 0.5) is 0 Å². The van der Waals surface area contributed by atoms with Crippen LogP contribution in [-0.4, -0.2) is 59.5 Å². The zero-order valence-corrected chi connectivity index (χ0v) is 9.85. The molecule has 3 rings (SSSR count). The van der Waals surface area contributed by atoms with Crippen molar-refractivity contribution in [3.05, 3.63) is 11.9 Å². The van der Waals surface area contributed by atoms with Crippen LogP contribution in [-0.2, 0) is 14.2 Å². The minimum Gasteiger partial charge on any atom is -0.464 e. The highest BCUT2D eigenvalue weighted by Crippen LogP contribution is 2.32. The Kier molecular flexibility index (Phi) is 2.77. The number of hydrogen-bond acceptors (Lipinski definition) is 7. The summed E-state index contributed by atoms with van der Waals surface area (Å²) < 4.78 is 17.4. The van der Waals surface area contributed by atoms with Crippen LogP contribution < -0.4 is 5.73 Å². The Balaban J connectivity index is 1.79. The van der Waals surface area contributed by atoms with E-state index >= 15 is 0 Å². The molecule has 0 radical (unpaired) electrons. The molecule has 98 valence electrons. The van der Waals surface area contributed by atoms with Gasteiger partial charge in [-0.3, -0.25) is 0 Å². The van der Waals surface area contributed by atoms with Crippen LogP contribution in [0.15, 0.2) is 6.20 Å². The summed E-state index contributed by atoms with van der Waals surface area (Å²) in [5.41, 5.74) is 6.04. The molecule has 8 nitrogen and oxygen atoms in total. The SMILES string of the molecule is COC(=O)c1cn([C@H]2CO[C@H]3[C@@H]2OC[C@@H]3N)nn1. The molecule has 0 saturated carbocycles. The quantitative estimate of drug-likeness (QED) is 0.656. The molecule has 2 aliphatic heterocycles. The number of fused-ring (bicyclic) bond motifs is 1. The van der Waals surface area contributed by atoms with Gasteiger partial charge < -0.3 is 19.9 Å². The van der Waals surface area contributed by atoms with Crippen molar-refractivity contribution < 1.29 is 19.0 Å². The normalized spacial score (nSPS) is 34.6. The first kappa shape index (κ1) is 11.6. The molecule has 18 heavy (non-hydrogen) atoms. The maximum Gasteiger partial charge on any atom is 0.360 e. The number of nitrogens with two attached hydrogens (primary N) is 1. The van der Waals surface area contributed by atoms with Gasteiger partial charge in [0, 0.05) is 0 Å². The number of carbonyl (C=O) groups excluding carboxylic acids is 1. The molecule has 2 saturated heterocycles. The molecule has 2 fully saturated rings. The minimum atomic E-state index is -0.513. The van der Waals surface area contributed by atoms with Crippen LogP contribution in [0.3, 0.4) is 0 Å². The molecule has 3 heterocycles. The highest BCUT2D eigenvalue weighted by Gasteiger charge is 2.47. The first-order valence-electron chi connectivity index (χ1n) is 5.69. The van der Waals surface area contributed by atoms with Crippen LogP contribution in [0.2, 0.25) is 0 Å². The zero-order chi connectivity index (χ0) is 12.7. The van der Waals surface area contributed by atoms with Gasteiger partial charge in [-0.25, -0.2) is 9.48 Å². The van der Waals surface area contributed by atoms with Gasteiger partial charge in [0.25, 0.3) is 0 Å². The lowest BCUT2D eigenvalue weighted by atomic mass is 10.1. The molecule has 0 aliphatic carbocycles. The Hall–Kier alpha value is -1.51. The Bertz CT molecular complexity index is 462. The molecule has 1 aromatic heterocycles. The van der Waals surface area contributed by atoms with Crippen molar-refractivity contribution in [2.24, 2.45) is 5.73 Å². The minimum absolute atomic E-state index is 0.102. The van der Waals surface area contributed by atoms with Gasteiger partial charge in [0.1, 0.15) is 18.2 Å². The molecule has 0 unspecified atom stereocenters. The van der Waals surface area contributed by atoms with Crippen LogP contribution in [0, 0.1) is 0 Å². The molecular weight excluding hydrogens is 240 g/mol. The van der Waals surface area contributed by atoms with Crippen molar-refractivity contribution in [1.82, 2.24) is 15.0 Å². The van der Waals surface area contributed by atoms with Gasteiger partial charge in [-0.1, -0.05) is 5.21 Å². The Labute approximate surface area is 103 Å². The third kappa shape index (κ3) is 1.69. The van der Waals surface area contributed by atoms with Gasteiger partial charge in [0.2, 0.25) is 0 Å². The average molecular weight is 254 g/mol. The zero-order valence-electron chi connectivity index (χ0n) is 9.85. The molecule has 4 atom stereocenters. The van der Waals surface area contributed by atoms with E-state index in [0.717, 1.165) is 0 Å². The highest BCUT2D eigenvalue weighted by molar-refractivity contribution is 5.86. The molecule has 2 N–H and O–H groups in total.